The van der Waals surface area contributed by atoms with Crippen molar-refractivity contribution in [1.29, 1.82) is 0 Å². The molecule has 2 amide bonds. The number of esters is 1. The molecule has 0 bridgehead atoms. The molecule has 1 heterocycles. The molecule has 18 heavy (non-hydrogen) atoms. The first kappa shape index (κ1) is 14.4. The predicted molar refractivity (Wildman–Crippen MR) is 63.1 cm³/mol. The quantitative estimate of drug-likeness (QED) is 0.502. The van der Waals surface area contributed by atoms with E-state index >= 15 is 0 Å². The summed E-state index contributed by atoms with van der Waals surface area (Å²) in [5, 5.41) is 0. The third-order valence-corrected chi connectivity index (χ3v) is 2.79. The van der Waals surface area contributed by atoms with Crippen LogP contribution in [0.2, 0.25) is 0 Å². The van der Waals surface area contributed by atoms with Crippen LogP contribution in [0.3, 0.4) is 0 Å². The summed E-state index contributed by atoms with van der Waals surface area (Å²) < 4.78 is 4.70. The Bertz CT molecular complexity index is 332. The fourth-order valence-corrected chi connectivity index (χ4v) is 1.96. The third kappa shape index (κ3) is 4.70. The normalized spacial score (nSPS) is 20.0. The van der Waals surface area contributed by atoms with Gasteiger partial charge in [0.2, 0.25) is 5.91 Å². The monoisotopic (exact) mass is 257 g/mol. The Hall–Kier alpha value is -1.63. The number of hydrogen-bond acceptors (Lipinski definition) is 5. The summed E-state index contributed by atoms with van der Waals surface area (Å²) in [6.45, 7) is 2.75. The van der Waals surface area contributed by atoms with Gasteiger partial charge in [0.25, 0.3) is 5.91 Å². The zero-order valence-corrected chi connectivity index (χ0v) is 10.7. The van der Waals surface area contributed by atoms with Crippen LogP contribution in [0.5, 0.6) is 0 Å². The lowest BCUT2D eigenvalue weighted by Crippen LogP contribution is -2.48. The van der Waals surface area contributed by atoms with E-state index in [1.807, 2.05) is 4.90 Å². The van der Waals surface area contributed by atoms with Crippen molar-refractivity contribution in [3.8, 4) is 0 Å². The summed E-state index contributed by atoms with van der Waals surface area (Å²) in [6, 6.07) is 0. The van der Waals surface area contributed by atoms with Crippen LogP contribution in [0.1, 0.15) is 19.8 Å². The van der Waals surface area contributed by atoms with Crippen LogP contribution in [-0.2, 0) is 19.1 Å². The lowest BCUT2D eigenvalue weighted by atomic mass is 9.98. The highest BCUT2D eigenvalue weighted by molar-refractivity contribution is 5.82. The molecule has 0 radical (unpaired) electrons. The molecule has 1 rings (SSSR count). The Kier molecular flexibility index (Phi) is 5.57. The van der Waals surface area contributed by atoms with Gasteiger partial charge in [-0.1, -0.05) is 0 Å². The SMILES string of the molecule is COC(=O)[C@H]1CCCN(CC(=O)NNC(C)=O)C1. The van der Waals surface area contributed by atoms with Gasteiger partial charge in [0.1, 0.15) is 0 Å². The lowest BCUT2D eigenvalue weighted by Gasteiger charge is -2.30. The van der Waals surface area contributed by atoms with Crippen molar-refractivity contribution in [2.24, 2.45) is 5.92 Å². The number of nitrogens with zero attached hydrogens (tertiary/aromatic N) is 1. The summed E-state index contributed by atoms with van der Waals surface area (Å²) >= 11 is 0. The van der Waals surface area contributed by atoms with Crippen LogP contribution in [0, 0.1) is 5.92 Å². The topological polar surface area (TPSA) is 87.7 Å². The van der Waals surface area contributed by atoms with Crippen LogP contribution < -0.4 is 10.9 Å². The zero-order chi connectivity index (χ0) is 13.5. The van der Waals surface area contributed by atoms with Crippen molar-refractivity contribution < 1.29 is 19.1 Å². The molecule has 0 aromatic carbocycles. The Balaban J connectivity index is 2.35. The Morgan fingerprint density at radius 1 is 1.33 bits per heavy atom. The van der Waals surface area contributed by atoms with E-state index in [2.05, 4.69) is 10.9 Å². The molecule has 1 saturated heterocycles. The van der Waals surface area contributed by atoms with Gasteiger partial charge in [-0.15, -0.1) is 0 Å². The smallest absolute Gasteiger partial charge is 0.309 e. The fraction of sp³-hybridized carbons (Fsp3) is 0.727. The minimum absolute atomic E-state index is 0.160. The summed E-state index contributed by atoms with van der Waals surface area (Å²) in [7, 11) is 1.37. The van der Waals surface area contributed by atoms with E-state index in [1.165, 1.54) is 14.0 Å². The van der Waals surface area contributed by atoms with Crippen molar-refractivity contribution in [2.75, 3.05) is 26.7 Å². The van der Waals surface area contributed by atoms with Gasteiger partial charge in [-0.25, -0.2) is 0 Å². The average molecular weight is 257 g/mol. The maximum atomic E-state index is 11.5. The maximum Gasteiger partial charge on any atom is 0.309 e. The third-order valence-electron chi connectivity index (χ3n) is 2.79. The first-order valence-electron chi connectivity index (χ1n) is 5.88. The number of carbonyl (C=O) groups is 3. The van der Waals surface area contributed by atoms with Crippen LogP contribution in [0.4, 0.5) is 0 Å². The van der Waals surface area contributed by atoms with E-state index < -0.39 is 0 Å². The van der Waals surface area contributed by atoms with Crippen molar-refractivity contribution in [1.82, 2.24) is 15.8 Å². The van der Waals surface area contributed by atoms with E-state index in [0.29, 0.717) is 6.54 Å². The molecule has 1 fully saturated rings. The highest BCUT2D eigenvalue weighted by atomic mass is 16.5. The van der Waals surface area contributed by atoms with Gasteiger partial charge >= 0.3 is 5.97 Å². The first-order chi connectivity index (χ1) is 8.52. The van der Waals surface area contributed by atoms with Gasteiger partial charge in [-0.05, 0) is 19.4 Å². The Labute approximate surface area is 106 Å². The number of rotatable bonds is 3. The molecular weight excluding hydrogens is 238 g/mol. The number of ether oxygens (including phenoxy) is 1. The van der Waals surface area contributed by atoms with Gasteiger partial charge < -0.3 is 4.74 Å². The van der Waals surface area contributed by atoms with Crippen molar-refractivity contribution in [3.05, 3.63) is 0 Å². The van der Waals surface area contributed by atoms with Crippen molar-refractivity contribution in [3.63, 3.8) is 0 Å². The van der Waals surface area contributed by atoms with Crippen LogP contribution >= 0.6 is 0 Å². The predicted octanol–water partition coefficient (Wildman–Crippen LogP) is -0.961. The van der Waals surface area contributed by atoms with Gasteiger partial charge in [0.15, 0.2) is 0 Å². The van der Waals surface area contributed by atoms with Gasteiger partial charge in [-0.3, -0.25) is 30.1 Å². The van der Waals surface area contributed by atoms with E-state index in [4.69, 9.17) is 4.74 Å². The molecule has 7 heteroatoms. The average Bonchev–Trinajstić information content (AvgIpc) is 2.35. The molecule has 102 valence electrons. The second kappa shape index (κ2) is 6.95. The molecule has 1 aliphatic rings. The number of hydrogen-bond donors (Lipinski definition) is 2. The molecule has 1 aliphatic heterocycles. The number of methoxy groups -OCH3 is 1. The summed E-state index contributed by atoms with van der Waals surface area (Å²) in [4.78, 5) is 35.4. The molecule has 2 N–H and O–H groups in total. The fourth-order valence-electron chi connectivity index (χ4n) is 1.96. The Morgan fingerprint density at radius 2 is 2.06 bits per heavy atom. The number of hydrazine groups is 1. The molecular formula is C11H19N3O4. The van der Waals surface area contributed by atoms with E-state index in [9.17, 15) is 14.4 Å². The largest absolute Gasteiger partial charge is 0.469 e. The highest BCUT2D eigenvalue weighted by Crippen LogP contribution is 2.17. The highest BCUT2D eigenvalue weighted by Gasteiger charge is 2.27. The molecule has 7 nitrogen and oxygen atoms in total. The maximum absolute atomic E-state index is 11.5. The standard InChI is InChI=1S/C11H19N3O4/c1-8(15)12-13-10(16)7-14-5-3-4-9(6-14)11(17)18-2/h9H,3-7H2,1-2H3,(H,12,15)(H,13,16)/t9-/m0/s1. The summed E-state index contributed by atoms with van der Waals surface area (Å²) in [6.07, 6.45) is 1.64. The minimum atomic E-state index is -0.325. The molecule has 0 aromatic heterocycles. The molecule has 0 aliphatic carbocycles. The second-order valence-corrected chi connectivity index (χ2v) is 4.33. The summed E-state index contributed by atoms with van der Waals surface area (Å²) in [5.41, 5.74) is 4.51. The number of piperidine rings is 1. The van der Waals surface area contributed by atoms with E-state index in [1.54, 1.807) is 0 Å². The number of likely N-dealkylation sites (tertiary alicyclic amines) is 1. The van der Waals surface area contributed by atoms with Crippen molar-refractivity contribution >= 4 is 17.8 Å². The lowest BCUT2D eigenvalue weighted by molar-refractivity contribution is -0.147. The molecule has 0 saturated carbocycles. The first-order valence-corrected chi connectivity index (χ1v) is 5.88. The summed E-state index contributed by atoms with van der Waals surface area (Å²) in [5.74, 6) is -1.02. The van der Waals surface area contributed by atoms with Crippen molar-refractivity contribution in [2.45, 2.75) is 19.8 Å². The zero-order valence-electron chi connectivity index (χ0n) is 10.7. The number of amides is 2. The molecule has 0 spiro atoms. The Morgan fingerprint density at radius 3 is 2.67 bits per heavy atom. The van der Waals surface area contributed by atoms with Gasteiger partial charge in [0, 0.05) is 13.5 Å². The van der Waals surface area contributed by atoms with Crippen LogP contribution in [0.25, 0.3) is 0 Å². The van der Waals surface area contributed by atoms with Gasteiger partial charge in [0.05, 0.1) is 19.6 Å². The molecule has 0 unspecified atom stereocenters. The van der Waals surface area contributed by atoms with Crippen LogP contribution in [-0.4, -0.2) is 49.4 Å². The second-order valence-electron chi connectivity index (χ2n) is 4.33. The number of carbonyl (C=O) groups excluding carboxylic acids is 3. The van der Waals surface area contributed by atoms with Gasteiger partial charge in [-0.2, -0.15) is 0 Å². The number of nitrogens with one attached hydrogen (secondary N) is 2. The molecule has 1 atom stereocenters. The van der Waals surface area contributed by atoms with Crippen LogP contribution in [0.15, 0.2) is 0 Å². The minimum Gasteiger partial charge on any atom is -0.469 e. The molecule has 0 aromatic rings. The van der Waals surface area contributed by atoms with E-state index in [0.717, 1.165) is 19.4 Å². The van der Waals surface area contributed by atoms with E-state index in [-0.39, 0.29) is 30.2 Å².